The lowest BCUT2D eigenvalue weighted by Crippen LogP contribution is -2.44. The van der Waals surface area contributed by atoms with Gasteiger partial charge in [0.25, 0.3) is 5.91 Å². The van der Waals surface area contributed by atoms with Crippen LogP contribution in [0.15, 0.2) is 42.6 Å². The molecule has 1 atom stereocenters. The lowest BCUT2D eigenvalue weighted by atomic mass is 10.2. The molecule has 2 aliphatic heterocycles. The zero-order valence-electron chi connectivity index (χ0n) is 16.9. The van der Waals surface area contributed by atoms with Crippen molar-refractivity contribution < 1.29 is 9.53 Å². The van der Waals surface area contributed by atoms with Crippen molar-refractivity contribution in [3.8, 4) is 0 Å². The zero-order valence-corrected chi connectivity index (χ0v) is 16.9. The van der Waals surface area contributed by atoms with E-state index in [9.17, 15) is 4.79 Å². The van der Waals surface area contributed by atoms with Gasteiger partial charge in [-0.25, -0.2) is 4.98 Å². The third-order valence-corrected chi connectivity index (χ3v) is 5.53. The summed E-state index contributed by atoms with van der Waals surface area (Å²) in [6.07, 6.45) is 3.89. The lowest BCUT2D eigenvalue weighted by Gasteiger charge is -2.34. The van der Waals surface area contributed by atoms with Crippen molar-refractivity contribution in [1.29, 1.82) is 0 Å². The summed E-state index contributed by atoms with van der Waals surface area (Å²) in [5, 5.41) is 6.24. The molecule has 3 heterocycles. The van der Waals surface area contributed by atoms with E-state index in [0.717, 1.165) is 57.0 Å². The molecule has 2 N–H and O–H groups in total. The Labute approximate surface area is 172 Å². The van der Waals surface area contributed by atoms with Gasteiger partial charge in [-0.3, -0.25) is 4.79 Å². The van der Waals surface area contributed by atoms with E-state index in [2.05, 4.69) is 56.7 Å². The molecule has 0 spiro atoms. The van der Waals surface area contributed by atoms with Crippen molar-refractivity contribution in [3.05, 3.63) is 48.3 Å². The minimum absolute atomic E-state index is 0.133. The number of amides is 1. The van der Waals surface area contributed by atoms with Crippen LogP contribution < -0.4 is 15.5 Å². The summed E-state index contributed by atoms with van der Waals surface area (Å²) in [6.45, 7) is 5.64. The molecule has 7 heteroatoms. The Bertz CT molecular complexity index is 795. The van der Waals surface area contributed by atoms with Gasteiger partial charge in [0.1, 0.15) is 5.69 Å². The number of rotatable bonds is 6. The van der Waals surface area contributed by atoms with Gasteiger partial charge in [0.2, 0.25) is 0 Å². The molecule has 0 aliphatic carbocycles. The fourth-order valence-electron chi connectivity index (χ4n) is 3.69. The van der Waals surface area contributed by atoms with E-state index in [1.807, 2.05) is 6.07 Å². The van der Waals surface area contributed by atoms with Gasteiger partial charge >= 0.3 is 0 Å². The molecule has 0 saturated carbocycles. The summed E-state index contributed by atoms with van der Waals surface area (Å²) < 4.78 is 5.53. The van der Waals surface area contributed by atoms with Crippen molar-refractivity contribution >= 4 is 23.0 Å². The summed E-state index contributed by atoms with van der Waals surface area (Å²) in [5.41, 5.74) is 3.52. The molecule has 29 heavy (non-hydrogen) atoms. The van der Waals surface area contributed by atoms with Gasteiger partial charge in [-0.05, 0) is 56.3 Å². The van der Waals surface area contributed by atoms with Crippen molar-refractivity contribution in [2.75, 3.05) is 56.6 Å². The Morgan fingerprint density at radius 2 is 1.86 bits per heavy atom. The molecular weight excluding hydrogens is 366 g/mol. The van der Waals surface area contributed by atoms with Gasteiger partial charge in [0.05, 0.1) is 18.0 Å². The van der Waals surface area contributed by atoms with Gasteiger partial charge in [-0.1, -0.05) is 0 Å². The molecule has 2 aliphatic rings. The maximum atomic E-state index is 12.2. The van der Waals surface area contributed by atoms with Crippen LogP contribution in [0.25, 0.3) is 0 Å². The quantitative estimate of drug-likeness (QED) is 0.783. The number of pyridine rings is 1. The van der Waals surface area contributed by atoms with Crippen LogP contribution in [0.2, 0.25) is 0 Å². The molecule has 1 aromatic heterocycles. The molecule has 4 rings (SSSR count). The largest absolute Gasteiger partial charge is 0.376 e. The van der Waals surface area contributed by atoms with Gasteiger partial charge in [0.15, 0.2) is 0 Å². The second kappa shape index (κ2) is 9.24. The highest BCUT2D eigenvalue weighted by atomic mass is 16.5. The number of nitrogens with one attached hydrogen (secondary N) is 2. The number of anilines is 3. The molecular formula is C22H29N5O2. The minimum Gasteiger partial charge on any atom is -0.376 e. The Morgan fingerprint density at radius 3 is 2.52 bits per heavy atom. The van der Waals surface area contributed by atoms with Crippen LogP contribution in [-0.4, -0.2) is 68.3 Å². The van der Waals surface area contributed by atoms with Crippen LogP contribution >= 0.6 is 0 Å². The molecule has 154 valence electrons. The first-order chi connectivity index (χ1) is 14.2. The number of likely N-dealkylation sites (N-methyl/N-ethyl adjacent to an activating group) is 1. The maximum absolute atomic E-state index is 12.2. The fraction of sp³-hybridized carbons (Fsp3) is 0.455. The third kappa shape index (κ3) is 5.25. The summed E-state index contributed by atoms with van der Waals surface area (Å²) in [7, 11) is 2.16. The molecule has 0 bridgehead atoms. The molecule has 1 amide bonds. The van der Waals surface area contributed by atoms with Crippen LogP contribution in [-0.2, 0) is 4.74 Å². The maximum Gasteiger partial charge on any atom is 0.269 e. The van der Waals surface area contributed by atoms with Crippen molar-refractivity contribution in [3.63, 3.8) is 0 Å². The van der Waals surface area contributed by atoms with Gasteiger partial charge < -0.3 is 25.2 Å². The SMILES string of the molecule is CN1CCN(c2ccc(Nc3ccc(C(=O)NCC4CCCO4)nc3)cc2)CC1. The second-order valence-corrected chi connectivity index (χ2v) is 7.74. The van der Waals surface area contributed by atoms with E-state index < -0.39 is 0 Å². The third-order valence-electron chi connectivity index (χ3n) is 5.53. The summed E-state index contributed by atoms with van der Waals surface area (Å²) in [6, 6.07) is 12.1. The Balaban J connectivity index is 1.29. The molecule has 0 radical (unpaired) electrons. The van der Waals surface area contributed by atoms with Crippen LogP contribution in [0.1, 0.15) is 23.3 Å². The minimum atomic E-state index is -0.163. The molecule has 2 fully saturated rings. The predicted molar refractivity (Wildman–Crippen MR) is 115 cm³/mol. The van der Waals surface area contributed by atoms with Crippen molar-refractivity contribution in [2.24, 2.45) is 0 Å². The van der Waals surface area contributed by atoms with Crippen LogP contribution in [0.3, 0.4) is 0 Å². The number of ether oxygens (including phenoxy) is 1. The number of carbonyl (C=O) groups excluding carboxylic acids is 1. The highest BCUT2D eigenvalue weighted by Gasteiger charge is 2.17. The molecule has 2 aromatic rings. The second-order valence-electron chi connectivity index (χ2n) is 7.74. The van der Waals surface area contributed by atoms with E-state index in [4.69, 9.17) is 4.74 Å². The van der Waals surface area contributed by atoms with E-state index in [1.54, 1.807) is 12.3 Å². The first-order valence-electron chi connectivity index (χ1n) is 10.3. The van der Waals surface area contributed by atoms with Crippen molar-refractivity contribution in [2.45, 2.75) is 18.9 Å². The van der Waals surface area contributed by atoms with Crippen molar-refractivity contribution in [1.82, 2.24) is 15.2 Å². The standard InChI is InChI=1S/C22H29N5O2/c1-26-10-12-27(13-11-26)19-7-4-17(5-8-19)25-18-6-9-21(23-15-18)22(28)24-16-20-3-2-14-29-20/h4-9,15,20,25H,2-3,10-14,16H2,1H3,(H,24,28). The fourth-order valence-corrected chi connectivity index (χ4v) is 3.69. The number of carbonyl (C=O) groups is 1. The number of hydrogen-bond donors (Lipinski definition) is 2. The van der Waals surface area contributed by atoms with Gasteiger partial charge in [-0.2, -0.15) is 0 Å². The lowest BCUT2D eigenvalue weighted by molar-refractivity contribution is 0.0854. The van der Waals surface area contributed by atoms with Crippen LogP contribution in [0.4, 0.5) is 17.1 Å². The number of benzene rings is 1. The Morgan fingerprint density at radius 1 is 1.10 bits per heavy atom. The molecule has 1 aromatic carbocycles. The van der Waals surface area contributed by atoms with E-state index >= 15 is 0 Å². The van der Waals surface area contributed by atoms with E-state index in [1.165, 1.54) is 5.69 Å². The summed E-state index contributed by atoms with van der Waals surface area (Å²) in [4.78, 5) is 21.3. The zero-order chi connectivity index (χ0) is 20.1. The Hall–Kier alpha value is -2.64. The average Bonchev–Trinajstić information content (AvgIpc) is 3.27. The smallest absolute Gasteiger partial charge is 0.269 e. The van der Waals surface area contributed by atoms with Crippen LogP contribution in [0, 0.1) is 0 Å². The highest BCUT2D eigenvalue weighted by molar-refractivity contribution is 5.92. The first-order valence-corrected chi connectivity index (χ1v) is 10.3. The summed E-state index contributed by atoms with van der Waals surface area (Å²) in [5.74, 6) is -0.163. The number of hydrogen-bond acceptors (Lipinski definition) is 6. The number of nitrogens with zero attached hydrogens (tertiary/aromatic N) is 3. The van der Waals surface area contributed by atoms with Gasteiger partial charge in [-0.15, -0.1) is 0 Å². The predicted octanol–water partition coefficient (Wildman–Crippen LogP) is 2.49. The van der Waals surface area contributed by atoms with E-state index in [-0.39, 0.29) is 12.0 Å². The first kappa shape index (κ1) is 19.7. The summed E-state index contributed by atoms with van der Waals surface area (Å²) >= 11 is 0. The molecule has 7 nitrogen and oxygen atoms in total. The monoisotopic (exact) mass is 395 g/mol. The van der Waals surface area contributed by atoms with Crippen LogP contribution in [0.5, 0.6) is 0 Å². The van der Waals surface area contributed by atoms with E-state index in [0.29, 0.717) is 12.2 Å². The topological polar surface area (TPSA) is 69.7 Å². The average molecular weight is 396 g/mol. The molecule has 2 saturated heterocycles. The van der Waals surface area contributed by atoms with Gasteiger partial charge in [0, 0.05) is 50.7 Å². The number of piperazine rings is 1. The Kier molecular flexibility index (Phi) is 6.27. The normalized spacial score (nSPS) is 19.9. The number of aromatic nitrogens is 1. The molecule has 1 unspecified atom stereocenters. The highest BCUT2D eigenvalue weighted by Crippen LogP contribution is 2.22.